The monoisotopic (exact) mass is 531 g/mol. The molecule has 194 valence electrons. The number of amides is 2. The normalized spacial score (nSPS) is 21.5. The van der Waals surface area contributed by atoms with Crippen LogP contribution in [0, 0.1) is 5.92 Å². The van der Waals surface area contributed by atoms with Gasteiger partial charge in [-0.25, -0.2) is 9.65 Å². The third kappa shape index (κ3) is 9.27. The molecule has 1 saturated heterocycles. The zero-order valence-electron chi connectivity index (χ0n) is 20.0. The number of halogens is 1. The first-order chi connectivity index (χ1) is 16.6. The van der Waals surface area contributed by atoms with Crippen molar-refractivity contribution in [2.24, 2.45) is 5.92 Å². The van der Waals surface area contributed by atoms with Crippen LogP contribution in [0.25, 0.3) is 0 Å². The number of esters is 1. The van der Waals surface area contributed by atoms with Gasteiger partial charge in [0, 0.05) is 25.2 Å². The number of carbonyl (C=O) groups excluding carboxylic acids is 3. The molecule has 2 rings (SSSR count). The quantitative estimate of drug-likeness (QED) is 0.171. The van der Waals surface area contributed by atoms with Crippen molar-refractivity contribution in [1.29, 1.82) is 0 Å². The highest BCUT2D eigenvalue weighted by Crippen LogP contribution is 2.46. The highest BCUT2D eigenvalue weighted by Gasteiger charge is 2.38. The van der Waals surface area contributed by atoms with E-state index < -0.39 is 32.6 Å². The van der Waals surface area contributed by atoms with Gasteiger partial charge in [0.2, 0.25) is 12.3 Å². The van der Waals surface area contributed by atoms with Gasteiger partial charge in [-0.3, -0.25) is 23.8 Å². The van der Waals surface area contributed by atoms with Crippen molar-refractivity contribution < 1.29 is 37.5 Å². The molecule has 0 radical (unpaired) electrons. The summed E-state index contributed by atoms with van der Waals surface area (Å²) >= 11 is 6.12. The van der Waals surface area contributed by atoms with Crippen molar-refractivity contribution in [3.63, 3.8) is 0 Å². The van der Waals surface area contributed by atoms with Crippen LogP contribution in [0.3, 0.4) is 0 Å². The summed E-state index contributed by atoms with van der Waals surface area (Å²) in [4.78, 5) is 36.2. The molecule has 1 aliphatic rings. The van der Waals surface area contributed by atoms with Gasteiger partial charge in [-0.05, 0) is 32.4 Å². The van der Waals surface area contributed by atoms with Crippen molar-refractivity contribution in [2.45, 2.75) is 45.6 Å². The molecule has 4 unspecified atom stereocenters. The molecule has 1 aromatic rings. The molecular weight excluding hydrogens is 501 g/mol. The van der Waals surface area contributed by atoms with Crippen molar-refractivity contribution >= 4 is 37.6 Å². The average Bonchev–Trinajstić information content (AvgIpc) is 3.18. The van der Waals surface area contributed by atoms with Gasteiger partial charge in [-0.15, -0.1) is 0 Å². The molecule has 11 nitrogen and oxygen atoms in total. The molecule has 0 spiro atoms. The predicted octanol–water partition coefficient (Wildman–Crippen LogP) is 2.85. The maximum atomic E-state index is 13.4. The van der Waals surface area contributed by atoms with E-state index in [0.717, 1.165) is 0 Å². The number of para-hydroxylation sites is 1. The second-order valence-electron chi connectivity index (χ2n) is 8.03. The standard InChI is InChI=1S/C22H31ClN3O8P/c1-15(2)32-21(29)12-25-35(30,34-19-8-6-5-7-18(19)23)31-13-17-11-16(3)22(33-17)26(14-27)10-9-20(28)24-4/h5-10,14-17,22H,11-13H2,1-4H3,(H,24,28)(H,25,30)/b10-9-. The van der Waals surface area contributed by atoms with Gasteiger partial charge in [0.05, 0.1) is 23.8 Å². The van der Waals surface area contributed by atoms with Gasteiger partial charge < -0.3 is 19.3 Å². The third-order valence-corrected chi connectivity index (χ3v) is 6.57. The summed E-state index contributed by atoms with van der Waals surface area (Å²) in [5, 5.41) is 5.13. The molecule has 0 saturated carbocycles. The minimum absolute atomic E-state index is 0.104. The van der Waals surface area contributed by atoms with Crippen LogP contribution in [-0.2, 0) is 32.9 Å². The van der Waals surface area contributed by atoms with E-state index in [1.807, 2.05) is 6.92 Å². The van der Waals surface area contributed by atoms with Crippen LogP contribution in [0.4, 0.5) is 0 Å². The number of nitrogens with one attached hydrogen (secondary N) is 2. The molecule has 1 aliphatic heterocycles. The highest BCUT2D eigenvalue weighted by molar-refractivity contribution is 7.52. The van der Waals surface area contributed by atoms with Crippen LogP contribution in [0.1, 0.15) is 27.2 Å². The lowest BCUT2D eigenvalue weighted by atomic mass is 10.1. The summed E-state index contributed by atoms with van der Waals surface area (Å²) in [5.74, 6) is -1.02. The van der Waals surface area contributed by atoms with Crippen LogP contribution < -0.4 is 14.9 Å². The number of benzene rings is 1. The molecule has 0 bridgehead atoms. The Morgan fingerprint density at radius 3 is 2.69 bits per heavy atom. The van der Waals surface area contributed by atoms with Crippen molar-refractivity contribution in [3.8, 4) is 5.75 Å². The van der Waals surface area contributed by atoms with Crippen LogP contribution in [0.15, 0.2) is 36.5 Å². The van der Waals surface area contributed by atoms with E-state index in [0.29, 0.717) is 12.8 Å². The maximum Gasteiger partial charge on any atom is 0.459 e. The fourth-order valence-electron chi connectivity index (χ4n) is 3.21. The summed E-state index contributed by atoms with van der Waals surface area (Å²) in [6.07, 6.45) is 2.02. The lowest BCUT2D eigenvalue weighted by Crippen LogP contribution is -2.34. The van der Waals surface area contributed by atoms with E-state index in [9.17, 15) is 18.9 Å². The largest absolute Gasteiger partial charge is 0.462 e. The number of carbonyl (C=O) groups is 3. The van der Waals surface area contributed by atoms with Gasteiger partial charge in [0.25, 0.3) is 0 Å². The Labute approximate surface area is 209 Å². The molecule has 1 fully saturated rings. The van der Waals surface area contributed by atoms with Gasteiger partial charge in [0.15, 0.2) is 0 Å². The van der Waals surface area contributed by atoms with E-state index in [1.54, 1.807) is 32.0 Å². The fraction of sp³-hybridized carbons (Fsp3) is 0.500. The Morgan fingerprint density at radius 1 is 1.34 bits per heavy atom. The first-order valence-electron chi connectivity index (χ1n) is 11.0. The minimum Gasteiger partial charge on any atom is -0.462 e. The van der Waals surface area contributed by atoms with Crippen LogP contribution in [0.5, 0.6) is 5.75 Å². The molecule has 35 heavy (non-hydrogen) atoms. The lowest BCUT2D eigenvalue weighted by molar-refractivity contribution is -0.146. The first-order valence-corrected chi connectivity index (χ1v) is 12.9. The first kappa shape index (κ1) is 28.8. The van der Waals surface area contributed by atoms with Crippen molar-refractivity contribution in [3.05, 3.63) is 41.6 Å². The topological polar surface area (TPSA) is 132 Å². The number of nitrogens with zero attached hydrogens (tertiary/aromatic N) is 1. The second kappa shape index (κ2) is 13.6. The molecule has 0 aromatic heterocycles. The number of rotatable bonds is 13. The highest BCUT2D eigenvalue weighted by atomic mass is 35.5. The van der Waals surface area contributed by atoms with Crippen molar-refractivity contribution in [1.82, 2.24) is 15.3 Å². The maximum absolute atomic E-state index is 13.4. The van der Waals surface area contributed by atoms with Gasteiger partial charge >= 0.3 is 13.7 Å². The van der Waals surface area contributed by atoms with Crippen LogP contribution in [-0.4, -0.2) is 61.8 Å². The number of hydrogen-bond acceptors (Lipinski definition) is 8. The van der Waals surface area contributed by atoms with Crippen LogP contribution >= 0.6 is 19.3 Å². The Bertz CT molecular complexity index is 960. The molecule has 2 N–H and O–H groups in total. The number of likely N-dealkylation sites (N-methyl/N-ethyl adjacent to an activating group) is 1. The predicted molar refractivity (Wildman–Crippen MR) is 128 cm³/mol. The zero-order chi connectivity index (χ0) is 26.0. The molecule has 1 aromatic carbocycles. The van der Waals surface area contributed by atoms with E-state index in [4.69, 9.17) is 30.1 Å². The molecule has 1 heterocycles. The Morgan fingerprint density at radius 2 is 2.06 bits per heavy atom. The van der Waals surface area contributed by atoms with E-state index in [-0.39, 0.29) is 35.3 Å². The van der Waals surface area contributed by atoms with E-state index >= 15 is 0 Å². The van der Waals surface area contributed by atoms with Gasteiger partial charge in [0.1, 0.15) is 18.5 Å². The fourth-order valence-corrected chi connectivity index (χ4v) is 4.75. The Balaban J connectivity index is 2.07. The molecule has 2 amide bonds. The average molecular weight is 532 g/mol. The number of ether oxygens (including phenoxy) is 2. The molecular formula is C22H31ClN3O8P. The Kier molecular flexibility index (Phi) is 11.2. The summed E-state index contributed by atoms with van der Waals surface area (Å²) in [5.41, 5.74) is 0. The Hall–Kier alpha value is -2.43. The summed E-state index contributed by atoms with van der Waals surface area (Å²) < 4.78 is 35.6. The van der Waals surface area contributed by atoms with Gasteiger partial charge in [-0.2, -0.15) is 0 Å². The third-order valence-electron chi connectivity index (χ3n) is 4.78. The van der Waals surface area contributed by atoms with Gasteiger partial charge in [-0.1, -0.05) is 30.7 Å². The second-order valence-corrected chi connectivity index (χ2v) is 10.2. The van der Waals surface area contributed by atoms with E-state index in [2.05, 4.69) is 10.4 Å². The minimum atomic E-state index is -4.08. The summed E-state index contributed by atoms with van der Waals surface area (Å²) in [6, 6.07) is 6.39. The van der Waals surface area contributed by atoms with E-state index in [1.165, 1.54) is 30.3 Å². The zero-order valence-corrected chi connectivity index (χ0v) is 21.7. The molecule has 4 atom stereocenters. The lowest BCUT2D eigenvalue weighted by Gasteiger charge is -2.25. The number of hydrogen-bond donors (Lipinski definition) is 2. The molecule has 0 aliphatic carbocycles. The summed E-state index contributed by atoms with van der Waals surface area (Å²) in [6.45, 7) is 4.66. The SMILES string of the molecule is CNC(=O)/C=C\N(C=O)C1OC(COP(=O)(NCC(=O)OC(C)C)Oc2ccccc2Cl)CC1C. The smallest absolute Gasteiger partial charge is 0.459 e. The molecule has 13 heteroatoms. The van der Waals surface area contributed by atoms with Crippen molar-refractivity contribution in [2.75, 3.05) is 20.2 Å². The summed E-state index contributed by atoms with van der Waals surface area (Å²) in [7, 11) is -2.61. The van der Waals surface area contributed by atoms with Crippen LogP contribution in [0.2, 0.25) is 5.02 Å².